The number of hydrogen-bond acceptors (Lipinski definition) is 3. The second-order valence-electron chi connectivity index (χ2n) is 3.19. The predicted octanol–water partition coefficient (Wildman–Crippen LogP) is 1.34. The molecule has 2 N–H and O–H groups in total. The number of rotatable bonds is 3. The van der Waals surface area contributed by atoms with Gasteiger partial charge in [-0.25, -0.2) is 0 Å². The molecule has 0 bridgehead atoms. The number of ether oxygens (including phenoxy) is 1. The van der Waals surface area contributed by atoms with Gasteiger partial charge in [-0.2, -0.15) is 0 Å². The van der Waals surface area contributed by atoms with Crippen molar-refractivity contribution in [1.29, 1.82) is 0 Å². The van der Waals surface area contributed by atoms with Gasteiger partial charge in [-0.1, -0.05) is 6.07 Å². The summed E-state index contributed by atoms with van der Waals surface area (Å²) < 4.78 is 4.99. The van der Waals surface area contributed by atoms with Gasteiger partial charge in [0.05, 0.1) is 12.6 Å². The van der Waals surface area contributed by atoms with Crippen LogP contribution in [0, 0.1) is 13.8 Å². The Balaban J connectivity index is 2.88. The highest BCUT2D eigenvalue weighted by Crippen LogP contribution is 2.14. The first-order valence-electron chi connectivity index (χ1n) is 4.34. The number of nitrogens with two attached hydrogens (primary N) is 1. The summed E-state index contributed by atoms with van der Waals surface area (Å²) in [6.07, 6.45) is 0. The zero-order valence-electron chi connectivity index (χ0n) is 8.37. The molecule has 1 heterocycles. The summed E-state index contributed by atoms with van der Waals surface area (Å²) in [5.74, 6) is 0. The highest BCUT2D eigenvalue weighted by molar-refractivity contribution is 5.24. The Labute approximate surface area is 78.9 Å². The van der Waals surface area contributed by atoms with Crippen molar-refractivity contribution in [3.63, 3.8) is 0 Å². The van der Waals surface area contributed by atoms with Crippen molar-refractivity contribution in [3.8, 4) is 0 Å². The molecule has 72 valence electrons. The summed E-state index contributed by atoms with van der Waals surface area (Å²) in [5, 5.41) is 0. The van der Waals surface area contributed by atoms with E-state index in [-0.39, 0.29) is 6.04 Å². The number of nitrogens with zero attached hydrogens (tertiary/aromatic N) is 1. The molecule has 13 heavy (non-hydrogen) atoms. The van der Waals surface area contributed by atoms with Crippen LogP contribution in [-0.4, -0.2) is 18.7 Å². The van der Waals surface area contributed by atoms with Crippen molar-refractivity contribution in [2.24, 2.45) is 5.73 Å². The van der Waals surface area contributed by atoms with Crippen LogP contribution in [0.2, 0.25) is 0 Å². The van der Waals surface area contributed by atoms with Gasteiger partial charge < -0.3 is 10.5 Å². The average molecular weight is 180 g/mol. The minimum Gasteiger partial charge on any atom is -0.383 e. The Morgan fingerprint density at radius 3 is 2.69 bits per heavy atom. The summed E-state index contributed by atoms with van der Waals surface area (Å²) >= 11 is 0. The molecule has 3 nitrogen and oxygen atoms in total. The van der Waals surface area contributed by atoms with E-state index in [2.05, 4.69) is 4.98 Å². The van der Waals surface area contributed by atoms with Crippen LogP contribution in [-0.2, 0) is 4.74 Å². The highest BCUT2D eigenvalue weighted by Gasteiger charge is 2.08. The van der Waals surface area contributed by atoms with Crippen molar-refractivity contribution in [2.45, 2.75) is 19.9 Å². The summed E-state index contributed by atoms with van der Waals surface area (Å²) in [7, 11) is 1.65. The molecular formula is C10H16N2O. The molecule has 0 fully saturated rings. The van der Waals surface area contributed by atoms with E-state index in [0.29, 0.717) is 6.61 Å². The number of aryl methyl sites for hydroxylation is 2. The molecule has 1 atom stereocenters. The highest BCUT2D eigenvalue weighted by atomic mass is 16.5. The molecule has 3 heteroatoms. The Morgan fingerprint density at radius 1 is 1.46 bits per heavy atom. The van der Waals surface area contributed by atoms with Crippen molar-refractivity contribution in [2.75, 3.05) is 13.7 Å². The third-order valence-electron chi connectivity index (χ3n) is 2.01. The maximum absolute atomic E-state index is 5.89. The number of pyridine rings is 1. The molecule has 0 aliphatic carbocycles. The van der Waals surface area contributed by atoms with E-state index >= 15 is 0 Å². The molecule has 0 aromatic carbocycles. The molecule has 0 aliphatic heterocycles. The fourth-order valence-corrected chi connectivity index (χ4v) is 1.36. The monoisotopic (exact) mass is 180 g/mol. The topological polar surface area (TPSA) is 48.1 Å². The third kappa shape index (κ3) is 2.50. The Kier molecular flexibility index (Phi) is 3.39. The van der Waals surface area contributed by atoms with Crippen LogP contribution in [0.5, 0.6) is 0 Å². The largest absolute Gasteiger partial charge is 0.383 e. The minimum atomic E-state index is -0.0712. The number of methoxy groups -OCH3 is 1. The van der Waals surface area contributed by atoms with Gasteiger partial charge in [0.15, 0.2) is 0 Å². The average Bonchev–Trinajstić information content (AvgIpc) is 2.04. The molecule has 1 aromatic rings. The standard InChI is InChI=1S/C10H16N2O/c1-7-4-5-9(8(2)12-7)10(11)6-13-3/h4-5,10H,6,11H2,1-3H3/t10-/m1/s1. The fourth-order valence-electron chi connectivity index (χ4n) is 1.36. The van der Waals surface area contributed by atoms with Gasteiger partial charge in [-0.15, -0.1) is 0 Å². The van der Waals surface area contributed by atoms with E-state index in [1.165, 1.54) is 0 Å². The van der Waals surface area contributed by atoms with Crippen LogP contribution in [0.15, 0.2) is 12.1 Å². The van der Waals surface area contributed by atoms with Crippen LogP contribution >= 0.6 is 0 Å². The summed E-state index contributed by atoms with van der Waals surface area (Å²) in [4.78, 5) is 4.34. The molecule has 0 aliphatic rings. The maximum atomic E-state index is 5.89. The van der Waals surface area contributed by atoms with E-state index in [0.717, 1.165) is 17.0 Å². The normalized spacial score (nSPS) is 12.9. The van der Waals surface area contributed by atoms with E-state index in [4.69, 9.17) is 10.5 Å². The number of hydrogen-bond donors (Lipinski definition) is 1. The van der Waals surface area contributed by atoms with Gasteiger partial charge in [0.2, 0.25) is 0 Å². The van der Waals surface area contributed by atoms with Crippen LogP contribution < -0.4 is 5.73 Å². The van der Waals surface area contributed by atoms with Crippen LogP contribution in [0.3, 0.4) is 0 Å². The fraction of sp³-hybridized carbons (Fsp3) is 0.500. The van der Waals surface area contributed by atoms with Crippen molar-refractivity contribution in [1.82, 2.24) is 4.98 Å². The Hall–Kier alpha value is -0.930. The molecule has 0 saturated heterocycles. The minimum absolute atomic E-state index is 0.0712. The van der Waals surface area contributed by atoms with Crippen LogP contribution in [0.4, 0.5) is 0 Å². The Morgan fingerprint density at radius 2 is 2.15 bits per heavy atom. The first-order chi connectivity index (χ1) is 6.15. The molecule has 0 amide bonds. The summed E-state index contributed by atoms with van der Waals surface area (Å²) in [5.41, 5.74) is 8.96. The third-order valence-corrected chi connectivity index (χ3v) is 2.01. The second kappa shape index (κ2) is 4.35. The SMILES string of the molecule is COC[C@@H](N)c1ccc(C)nc1C. The smallest absolute Gasteiger partial charge is 0.0656 e. The Bertz CT molecular complexity index is 286. The van der Waals surface area contributed by atoms with Gasteiger partial charge in [-0.3, -0.25) is 4.98 Å². The maximum Gasteiger partial charge on any atom is 0.0656 e. The van der Waals surface area contributed by atoms with Gasteiger partial charge in [0.1, 0.15) is 0 Å². The van der Waals surface area contributed by atoms with Crippen LogP contribution in [0.25, 0.3) is 0 Å². The molecule has 0 unspecified atom stereocenters. The summed E-state index contributed by atoms with van der Waals surface area (Å²) in [6.45, 7) is 4.47. The quantitative estimate of drug-likeness (QED) is 0.763. The first-order valence-corrected chi connectivity index (χ1v) is 4.34. The lowest BCUT2D eigenvalue weighted by Crippen LogP contribution is -2.17. The molecule has 0 radical (unpaired) electrons. The second-order valence-corrected chi connectivity index (χ2v) is 3.19. The molecule has 1 aromatic heterocycles. The lowest BCUT2D eigenvalue weighted by atomic mass is 10.1. The van der Waals surface area contributed by atoms with Gasteiger partial charge >= 0.3 is 0 Å². The van der Waals surface area contributed by atoms with Crippen molar-refractivity contribution in [3.05, 3.63) is 29.1 Å². The molecule has 0 saturated carbocycles. The van der Waals surface area contributed by atoms with Crippen molar-refractivity contribution < 1.29 is 4.74 Å². The first kappa shape index (κ1) is 10.2. The van der Waals surface area contributed by atoms with Crippen molar-refractivity contribution >= 4 is 0 Å². The lowest BCUT2D eigenvalue weighted by molar-refractivity contribution is 0.180. The lowest BCUT2D eigenvalue weighted by Gasteiger charge is -2.13. The molecule has 0 spiro atoms. The molecule has 1 rings (SSSR count). The van der Waals surface area contributed by atoms with E-state index in [9.17, 15) is 0 Å². The zero-order chi connectivity index (χ0) is 9.84. The van der Waals surface area contributed by atoms with E-state index in [1.54, 1.807) is 7.11 Å². The predicted molar refractivity (Wildman–Crippen MR) is 52.5 cm³/mol. The van der Waals surface area contributed by atoms with Gasteiger partial charge in [0, 0.05) is 18.5 Å². The van der Waals surface area contributed by atoms with Crippen LogP contribution in [0.1, 0.15) is 23.0 Å². The number of aromatic nitrogens is 1. The summed E-state index contributed by atoms with van der Waals surface area (Å²) in [6, 6.07) is 3.91. The van der Waals surface area contributed by atoms with E-state index in [1.807, 2.05) is 26.0 Å². The molecular weight excluding hydrogens is 164 g/mol. The van der Waals surface area contributed by atoms with Gasteiger partial charge in [0.25, 0.3) is 0 Å². The zero-order valence-corrected chi connectivity index (χ0v) is 8.37. The van der Waals surface area contributed by atoms with E-state index < -0.39 is 0 Å². The van der Waals surface area contributed by atoms with Gasteiger partial charge in [-0.05, 0) is 25.5 Å².